The second-order valence-corrected chi connectivity index (χ2v) is 9.49. The summed E-state index contributed by atoms with van der Waals surface area (Å²) in [6.07, 6.45) is 0. The summed E-state index contributed by atoms with van der Waals surface area (Å²) in [6.45, 7) is 0. The van der Waals surface area contributed by atoms with Gasteiger partial charge in [0.05, 0.1) is 23.5 Å². The van der Waals surface area contributed by atoms with Crippen LogP contribution in [0.5, 0.6) is 5.75 Å². The summed E-state index contributed by atoms with van der Waals surface area (Å²) in [5.74, 6) is 0.602. The first-order valence-corrected chi connectivity index (χ1v) is 12.7. The third-order valence-electron chi connectivity index (χ3n) is 4.33. The van der Waals surface area contributed by atoms with Crippen LogP contribution in [0.15, 0.2) is 106 Å². The second-order valence-electron chi connectivity index (χ2n) is 6.62. The summed E-state index contributed by atoms with van der Waals surface area (Å²) >= 11 is 8.57. The SMILES string of the molecule is C.O=[N+]([O-])c1ccccc1-c1ccccc1Br.O=[N+]([O-])c1ccccc1I.O[B]Oc1ccccc1Br. The molecule has 0 aromatic heterocycles. The number of rotatable bonds is 5. The Kier molecular flexibility index (Phi) is 14.7. The van der Waals surface area contributed by atoms with Crippen LogP contribution >= 0.6 is 54.5 Å². The molecule has 0 saturated carbocycles. The van der Waals surface area contributed by atoms with E-state index in [4.69, 9.17) is 9.68 Å². The lowest BCUT2D eigenvalue weighted by molar-refractivity contribution is -0.385. The molecule has 1 radical (unpaired) electrons. The summed E-state index contributed by atoms with van der Waals surface area (Å²) in [4.78, 5) is 20.4. The van der Waals surface area contributed by atoms with Crippen LogP contribution in [0.3, 0.4) is 0 Å². The molecule has 4 aromatic carbocycles. The zero-order valence-electron chi connectivity index (χ0n) is 18.3. The highest BCUT2D eigenvalue weighted by Crippen LogP contribution is 2.34. The molecule has 0 fully saturated rings. The molecule has 0 aliphatic rings. The van der Waals surface area contributed by atoms with Crippen molar-refractivity contribution >= 4 is 73.5 Å². The van der Waals surface area contributed by atoms with Crippen molar-refractivity contribution in [3.05, 3.63) is 130 Å². The van der Waals surface area contributed by atoms with Crippen molar-refractivity contribution in [3.8, 4) is 16.9 Å². The molecule has 0 heterocycles. The Balaban J connectivity index is 0.000000287. The molecule has 37 heavy (non-hydrogen) atoms. The van der Waals surface area contributed by atoms with Gasteiger partial charge < -0.3 is 9.68 Å². The van der Waals surface area contributed by atoms with Crippen LogP contribution in [0.1, 0.15) is 7.43 Å². The van der Waals surface area contributed by atoms with E-state index in [1.807, 2.05) is 65.1 Å². The Labute approximate surface area is 245 Å². The van der Waals surface area contributed by atoms with Crippen LogP contribution in [0.2, 0.25) is 0 Å². The third kappa shape index (κ3) is 10.2. The van der Waals surface area contributed by atoms with Crippen molar-refractivity contribution in [2.24, 2.45) is 0 Å². The van der Waals surface area contributed by atoms with Crippen LogP contribution in [-0.2, 0) is 0 Å². The lowest BCUT2D eigenvalue weighted by Crippen LogP contribution is -1.99. The van der Waals surface area contributed by atoms with Gasteiger partial charge in [-0.25, -0.2) is 0 Å². The number of hydrogen-bond donors (Lipinski definition) is 1. The summed E-state index contributed by atoms with van der Waals surface area (Å²) in [5, 5.41) is 29.4. The molecule has 0 unspecified atom stereocenters. The fourth-order valence-electron chi connectivity index (χ4n) is 2.74. The van der Waals surface area contributed by atoms with E-state index in [-0.39, 0.29) is 28.6 Å². The van der Waals surface area contributed by atoms with Crippen molar-refractivity contribution < 1.29 is 19.5 Å². The molecule has 0 amide bonds. The first-order chi connectivity index (χ1) is 17.3. The molecule has 0 aliphatic heterocycles. The quantitative estimate of drug-likeness (QED) is 0.0954. The minimum Gasteiger partial charge on any atom is -0.537 e. The number of benzene rings is 4. The normalized spacial score (nSPS) is 9.30. The van der Waals surface area contributed by atoms with Gasteiger partial charge in [0.1, 0.15) is 5.75 Å². The van der Waals surface area contributed by atoms with Gasteiger partial charge >= 0.3 is 7.69 Å². The van der Waals surface area contributed by atoms with Gasteiger partial charge in [0.25, 0.3) is 11.4 Å². The van der Waals surface area contributed by atoms with Gasteiger partial charge in [-0.2, -0.15) is 0 Å². The minimum atomic E-state index is -0.387. The topological polar surface area (TPSA) is 116 Å². The van der Waals surface area contributed by atoms with Crippen LogP contribution in [0.4, 0.5) is 11.4 Å². The third-order valence-corrected chi connectivity index (χ3v) is 6.59. The molecule has 12 heteroatoms. The summed E-state index contributed by atoms with van der Waals surface area (Å²) in [7, 11) is 0.653. The Morgan fingerprint density at radius 1 is 0.703 bits per heavy atom. The molecular weight excluding hydrogens is 722 g/mol. The second kappa shape index (κ2) is 16.8. The highest BCUT2D eigenvalue weighted by molar-refractivity contribution is 14.1. The molecule has 0 aliphatic carbocycles. The van der Waals surface area contributed by atoms with Crippen molar-refractivity contribution in [3.63, 3.8) is 0 Å². The van der Waals surface area contributed by atoms with Crippen molar-refractivity contribution in [2.75, 3.05) is 0 Å². The van der Waals surface area contributed by atoms with E-state index < -0.39 is 0 Å². The number of nitro groups is 2. The van der Waals surface area contributed by atoms with Crippen LogP contribution in [-0.4, -0.2) is 22.6 Å². The van der Waals surface area contributed by atoms with Gasteiger partial charge in [-0.1, -0.05) is 78.0 Å². The Hall–Kier alpha value is -2.81. The van der Waals surface area contributed by atoms with Crippen LogP contribution in [0.25, 0.3) is 11.1 Å². The maximum absolute atomic E-state index is 10.9. The molecule has 191 valence electrons. The first kappa shape index (κ1) is 32.2. The average Bonchev–Trinajstić information content (AvgIpc) is 2.87. The lowest BCUT2D eigenvalue weighted by Gasteiger charge is -2.04. The van der Waals surface area contributed by atoms with Crippen LogP contribution in [0, 0.1) is 23.8 Å². The fourth-order valence-corrected chi connectivity index (χ4v) is 4.20. The van der Waals surface area contributed by atoms with E-state index in [1.165, 1.54) is 12.1 Å². The average molecular weight is 743 g/mol. The smallest absolute Gasteiger partial charge is 0.537 e. The molecule has 0 saturated heterocycles. The van der Waals surface area contributed by atoms with Crippen molar-refractivity contribution in [1.29, 1.82) is 0 Å². The summed E-state index contributed by atoms with van der Waals surface area (Å²) in [5.41, 5.74) is 1.74. The number of para-hydroxylation sites is 3. The summed E-state index contributed by atoms with van der Waals surface area (Å²) < 4.78 is 7.06. The zero-order valence-corrected chi connectivity index (χ0v) is 23.7. The maximum atomic E-state index is 10.9. The Morgan fingerprint density at radius 3 is 1.65 bits per heavy atom. The number of hydrogen-bond acceptors (Lipinski definition) is 6. The predicted molar refractivity (Wildman–Crippen MR) is 162 cm³/mol. The largest absolute Gasteiger partial charge is 0.569 e. The van der Waals surface area contributed by atoms with Crippen molar-refractivity contribution in [2.45, 2.75) is 7.43 Å². The lowest BCUT2D eigenvalue weighted by atomic mass is 10.0. The monoisotopic (exact) mass is 741 g/mol. The van der Waals surface area contributed by atoms with E-state index in [2.05, 4.69) is 31.9 Å². The minimum absolute atomic E-state index is 0. The van der Waals surface area contributed by atoms with Crippen molar-refractivity contribution in [1.82, 2.24) is 0 Å². The fraction of sp³-hybridized carbons (Fsp3) is 0.0400. The van der Waals surface area contributed by atoms with Crippen LogP contribution < -0.4 is 4.65 Å². The Bertz CT molecular complexity index is 1330. The maximum Gasteiger partial charge on any atom is 0.569 e. The van der Waals surface area contributed by atoms with Gasteiger partial charge in [0.2, 0.25) is 0 Å². The molecule has 0 bridgehead atoms. The van der Waals surface area contributed by atoms with Gasteiger partial charge in [0.15, 0.2) is 0 Å². The molecule has 4 aromatic rings. The van der Waals surface area contributed by atoms with Gasteiger partial charge in [-0.15, -0.1) is 0 Å². The van der Waals surface area contributed by atoms with Gasteiger partial charge in [0, 0.05) is 22.2 Å². The molecule has 0 atom stereocenters. The molecule has 8 nitrogen and oxygen atoms in total. The zero-order chi connectivity index (χ0) is 26.5. The van der Waals surface area contributed by atoms with E-state index >= 15 is 0 Å². The highest BCUT2D eigenvalue weighted by Gasteiger charge is 2.15. The number of nitrogens with zero attached hydrogens (tertiary/aromatic N) is 2. The van der Waals surface area contributed by atoms with E-state index in [9.17, 15) is 20.2 Å². The van der Waals surface area contributed by atoms with Gasteiger partial charge in [-0.3, -0.25) is 20.2 Å². The summed E-state index contributed by atoms with van der Waals surface area (Å²) in [6, 6.07) is 28.1. The van der Waals surface area contributed by atoms with E-state index in [1.54, 1.807) is 42.5 Å². The highest BCUT2D eigenvalue weighted by atomic mass is 127. The number of nitro benzene ring substituents is 2. The Morgan fingerprint density at radius 2 is 1.16 bits per heavy atom. The van der Waals surface area contributed by atoms with E-state index in [0.717, 1.165) is 14.5 Å². The number of halogens is 3. The molecular formula is C25H21BBr2IN2O6. The van der Waals surface area contributed by atoms with Gasteiger partial charge in [-0.05, 0) is 68.9 Å². The first-order valence-electron chi connectivity index (χ1n) is 10.0. The molecule has 0 spiro atoms. The molecule has 1 N–H and O–H groups in total. The van der Waals surface area contributed by atoms with E-state index in [0.29, 0.717) is 22.6 Å². The predicted octanol–water partition coefficient (Wildman–Crippen LogP) is 8.21. The molecule has 4 rings (SSSR count). The standard InChI is InChI=1S/C12H8BrNO2.C6H5BBrO2.C6H4INO2.CH4/c13-11-7-3-1-5-9(11)10-6-2-4-8-12(10)14(15)16;8-5-3-1-2-4-6(5)10-7-9;7-5-3-1-2-4-6(5)8(9)10;/h1-8H;1-4,9H;1-4H;1H4.